The largest absolute Gasteiger partial charge is 0.351 e. The fraction of sp³-hybridized carbons (Fsp3) is 0.154. The van der Waals surface area contributed by atoms with E-state index in [0.29, 0.717) is 16.7 Å². The van der Waals surface area contributed by atoms with Gasteiger partial charge in [-0.05, 0) is 22.8 Å². The Morgan fingerprint density at radius 2 is 1.59 bits per heavy atom. The SMILES string of the molecule is N#C[C@@]1([N+](=O)[O-])[C@@H]2c3ccccc3C=CN2[C@@H](C(=O)c2ccccc2)[C@@H]1c1ccccc1. The highest BCUT2D eigenvalue weighted by molar-refractivity contribution is 6.01. The van der Waals surface area contributed by atoms with Crippen molar-refractivity contribution in [2.75, 3.05) is 0 Å². The smallest absolute Gasteiger partial charge is 0.338 e. The topological polar surface area (TPSA) is 87.2 Å². The summed E-state index contributed by atoms with van der Waals surface area (Å²) >= 11 is 0. The van der Waals surface area contributed by atoms with Gasteiger partial charge in [-0.2, -0.15) is 5.26 Å². The fourth-order valence-electron chi connectivity index (χ4n) is 5.17. The fourth-order valence-corrected chi connectivity index (χ4v) is 5.17. The van der Waals surface area contributed by atoms with E-state index in [1.54, 1.807) is 59.6 Å². The first-order chi connectivity index (χ1) is 15.6. The second kappa shape index (κ2) is 7.47. The molecule has 0 bridgehead atoms. The van der Waals surface area contributed by atoms with Crippen LogP contribution in [0, 0.1) is 21.4 Å². The quantitative estimate of drug-likeness (QED) is 0.349. The van der Waals surface area contributed by atoms with Crippen molar-refractivity contribution in [3.8, 4) is 6.07 Å². The summed E-state index contributed by atoms with van der Waals surface area (Å²) in [7, 11) is 0. The summed E-state index contributed by atoms with van der Waals surface area (Å²) < 4.78 is 0. The molecule has 3 aromatic rings. The molecule has 1 fully saturated rings. The second-order valence-electron chi connectivity index (χ2n) is 8.05. The van der Waals surface area contributed by atoms with Crippen molar-refractivity contribution in [3.05, 3.63) is 123 Å². The number of fused-ring (bicyclic) bond motifs is 3. The minimum atomic E-state index is -2.04. The van der Waals surface area contributed by atoms with Crippen molar-refractivity contribution >= 4 is 11.9 Å². The van der Waals surface area contributed by atoms with Crippen LogP contribution in [0.2, 0.25) is 0 Å². The van der Waals surface area contributed by atoms with Gasteiger partial charge in [0, 0.05) is 16.7 Å². The number of nitrogens with zero attached hydrogens (tertiary/aromatic N) is 3. The number of hydrogen-bond donors (Lipinski definition) is 0. The van der Waals surface area contributed by atoms with Gasteiger partial charge in [0.2, 0.25) is 0 Å². The molecule has 0 aromatic heterocycles. The zero-order valence-corrected chi connectivity index (χ0v) is 17.0. The molecular weight excluding hydrogens is 402 g/mol. The molecule has 4 atom stereocenters. The summed E-state index contributed by atoms with van der Waals surface area (Å²) in [5.41, 5.74) is 0.506. The van der Waals surface area contributed by atoms with Crippen LogP contribution >= 0.6 is 0 Å². The van der Waals surface area contributed by atoms with Crippen molar-refractivity contribution in [2.45, 2.75) is 23.5 Å². The molecule has 2 heterocycles. The number of hydrogen-bond acceptors (Lipinski definition) is 5. The summed E-state index contributed by atoms with van der Waals surface area (Å²) in [4.78, 5) is 27.8. The van der Waals surface area contributed by atoms with Crippen LogP contribution in [0.5, 0.6) is 0 Å². The minimum absolute atomic E-state index is 0.243. The highest BCUT2D eigenvalue weighted by atomic mass is 16.6. The summed E-state index contributed by atoms with van der Waals surface area (Å²) in [5.74, 6) is -1.20. The molecule has 5 rings (SSSR count). The Hall–Kier alpha value is -4.24. The monoisotopic (exact) mass is 421 g/mol. The van der Waals surface area contributed by atoms with Gasteiger partial charge < -0.3 is 4.90 Å². The minimum Gasteiger partial charge on any atom is -0.351 e. The summed E-state index contributed by atoms with van der Waals surface area (Å²) in [6.45, 7) is 0. The molecule has 0 unspecified atom stereocenters. The molecule has 0 aliphatic carbocycles. The van der Waals surface area contributed by atoms with E-state index in [1.165, 1.54) is 0 Å². The van der Waals surface area contributed by atoms with Crippen molar-refractivity contribution in [3.63, 3.8) is 0 Å². The molecule has 0 saturated carbocycles. The van der Waals surface area contributed by atoms with Gasteiger partial charge in [0.25, 0.3) is 0 Å². The summed E-state index contributed by atoms with van der Waals surface area (Å²) in [5, 5.41) is 23.1. The Labute approximate surface area is 185 Å². The molecule has 0 spiro atoms. The van der Waals surface area contributed by atoms with Crippen LogP contribution in [-0.4, -0.2) is 27.2 Å². The molecule has 1 saturated heterocycles. The highest BCUT2D eigenvalue weighted by Crippen LogP contribution is 2.56. The third-order valence-electron chi connectivity index (χ3n) is 6.51. The predicted octanol–water partition coefficient (Wildman–Crippen LogP) is 4.60. The molecular formula is C26H19N3O3. The molecule has 0 amide bonds. The van der Waals surface area contributed by atoms with E-state index in [4.69, 9.17) is 0 Å². The van der Waals surface area contributed by atoms with Crippen molar-refractivity contribution in [1.29, 1.82) is 5.26 Å². The second-order valence-corrected chi connectivity index (χ2v) is 8.05. The number of benzene rings is 3. The van der Waals surface area contributed by atoms with Crippen molar-refractivity contribution in [2.24, 2.45) is 0 Å². The Balaban J connectivity index is 1.80. The average molecular weight is 421 g/mol. The maximum absolute atomic E-state index is 13.8. The van der Waals surface area contributed by atoms with Gasteiger partial charge in [0.05, 0.1) is 5.92 Å². The third kappa shape index (κ3) is 2.68. The van der Waals surface area contributed by atoms with Crippen LogP contribution in [0.1, 0.15) is 39.0 Å². The molecule has 2 aliphatic rings. The molecule has 6 heteroatoms. The lowest BCUT2D eigenvalue weighted by Gasteiger charge is -2.33. The normalized spacial score (nSPS) is 25.5. The standard InChI is InChI=1S/C26H19N3O3/c27-17-26(29(31)32)22(19-10-3-1-4-11-19)23(24(30)20-12-5-2-6-13-20)28-16-15-18-9-7-8-14-21(18)25(26)28/h1-16,22-23,25H/t22-,23+,25-,26-/m0/s1. The average Bonchev–Trinajstić information content (AvgIpc) is 3.16. The van der Waals surface area contributed by atoms with Crippen LogP contribution in [0.15, 0.2) is 91.1 Å². The van der Waals surface area contributed by atoms with Gasteiger partial charge in [0.1, 0.15) is 12.1 Å². The number of ketones is 1. The molecule has 0 radical (unpaired) electrons. The van der Waals surface area contributed by atoms with E-state index >= 15 is 0 Å². The number of Topliss-reactive ketones (excluding diaryl/α,β-unsaturated/α-hetero) is 1. The Bertz CT molecular complexity index is 1270. The van der Waals surface area contributed by atoms with E-state index in [-0.39, 0.29) is 5.78 Å². The number of nitriles is 1. The van der Waals surface area contributed by atoms with Crippen LogP contribution < -0.4 is 0 Å². The van der Waals surface area contributed by atoms with E-state index in [1.807, 2.05) is 42.5 Å². The molecule has 6 nitrogen and oxygen atoms in total. The van der Waals surface area contributed by atoms with Gasteiger partial charge in [-0.25, -0.2) is 0 Å². The maximum Gasteiger partial charge on any atom is 0.338 e. The van der Waals surface area contributed by atoms with Crippen LogP contribution in [0.25, 0.3) is 6.08 Å². The lowest BCUT2D eigenvalue weighted by atomic mass is 9.73. The van der Waals surface area contributed by atoms with E-state index in [2.05, 4.69) is 6.07 Å². The zero-order chi connectivity index (χ0) is 22.3. The Morgan fingerprint density at radius 1 is 0.969 bits per heavy atom. The number of rotatable bonds is 4. The summed E-state index contributed by atoms with van der Waals surface area (Å²) in [6, 6.07) is 25.3. The van der Waals surface area contributed by atoms with Gasteiger partial charge >= 0.3 is 5.54 Å². The maximum atomic E-state index is 13.8. The highest BCUT2D eigenvalue weighted by Gasteiger charge is 2.71. The number of carbonyl (C=O) groups excluding carboxylic acids is 1. The van der Waals surface area contributed by atoms with Crippen molar-refractivity contribution < 1.29 is 9.72 Å². The first-order valence-corrected chi connectivity index (χ1v) is 10.3. The number of nitro groups is 1. The van der Waals surface area contributed by atoms with E-state index in [9.17, 15) is 20.2 Å². The Morgan fingerprint density at radius 3 is 2.25 bits per heavy atom. The molecule has 32 heavy (non-hydrogen) atoms. The molecule has 3 aromatic carbocycles. The third-order valence-corrected chi connectivity index (χ3v) is 6.51. The summed E-state index contributed by atoms with van der Waals surface area (Å²) in [6.07, 6.45) is 3.59. The predicted molar refractivity (Wildman–Crippen MR) is 119 cm³/mol. The first-order valence-electron chi connectivity index (χ1n) is 10.3. The van der Waals surface area contributed by atoms with E-state index in [0.717, 1.165) is 5.56 Å². The van der Waals surface area contributed by atoms with Crippen molar-refractivity contribution in [1.82, 2.24) is 4.90 Å². The van der Waals surface area contributed by atoms with Crippen LogP contribution in [-0.2, 0) is 0 Å². The molecule has 0 N–H and O–H groups in total. The number of carbonyl (C=O) groups is 1. The van der Waals surface area contributed by atoms with E-state index < -0.39 is 28.5 Å². The molecule has 2 aliphatic heterocycles. The molecule has 156 valence electrons. The lowest BCUT2D eigenvalue weighted by molar-refractivity contribution is -0.559. The van der Waals surface area contributed by atoms with Crippen LogP contribution in [0.3, 0.4) is 0 Å². The van der Waals surface area contributed by atoms with Gasteiger partial charge in [0.15, 0.2) is 11.9 Å². The van der Waals surface area contributed by atoms with Crippen LogP contribution in [0.4, 0.5) is 0 Å². The zero-order valence-electron chi connectivity index (χ0n) is 17.0. The van der Waals surface area contributed by atoms with Gasteiger partial charge in [-0.3, -0.25) is 14.9 Å². The lowest BCUT2D eigenvalue weighted by Crippen LogP contribution is -2.46. The Kier molecular flexibility index (Phi) is 4.60. The van der Waals surface area contributed by atoms with Gasteiger partial charge in [-0.15, -0.1) is 0 Å². The first kappa shape index (κ1) is 19.7. The van der Waals surface area contributed by atoms with Gasteiger partial charge in [-0.1, -0.05) is 84.9 Å².